The van der Waals surface area contributed by atoms with Crippen molar-refractivity contribution < 1.29 is 23.1 Å². The summed E-state index contributed by atoms with van der Waals surface area (Å²) in [6.45, 7) is 3.78. The number of likely N-dealkylation sites (tertiary alicyclic amines) is 2. The lowest BCUT2D eigenvalue weighted by atomic mass is 9.77. The van der Waals surface area contributed by atoms with Crippen molar-refractivity contribution in [1.29, 1.82) is 0 Å². The third-order valence-corrected chi connectivity index (χ3v) is 10.3. The van der Waals surface area contributed by atoms with Crippen LogP contribution in [-0.2, 0) is 26.0 Å². The Balaban J connectivity index is 0.00000387. The smallest absolute Gasteiger partial charge is 0.229 e. The molecule has 3 fully saturated rings. The number of carbonyl (C=O) groups is 2. The van der Waals surface area contributed by atoms with Crippen LogP contribution in [0, 0.1) is 11.3 Å². The van der Waals surface area contributed by atoms with E-state index < -0.39 is 9.84 Å². The first kappa shape index (κ1) is 31.2. The monoisotopic (exact) mass is 583 g/mol. The van der Waals surface area contributed by atoms with Crippen molar-refractivity contribution in [2.75, 3.05) is 32.4 Å². The van der Waals surface area contributed by atoms with E-state index in [1.165, 1.54) is 6.26 Å². The first-order valence-corrected chi connectivity index (χ1v) is 16.4. The van der Waals surface area contributed by atoms with E-state index in [0.717, 1.165) is 69.4 Å². The summed E-state index contributed by atoms with van der Waals surface area (Å²) in [5.74, 6) is 0.128. The molecule has 1 spiro atoms. The molecule has 2 N–H and O–H groups in total. The van der Waals surface area contributed by atoms with Crippen molar-refractivity contribution in [3.05, 3.63) is 65.7 Å². The molecule has 1 aliphatic carbocycles. The molecule has 5 rings (SSSR count). The third-order valence-electron chi connectivity index (χ3n) is 9.17. The fourth-order valence-electron chi connectivity index (χ4n) is 6.58. The number of carbonyl (C=O) groups excluding carboxylic acids is 2. The van der Waals surface area contributed by atoms with Gasteiger partial charge >= 0.3 is 0 Å². The highest BCUT2D eigenvalue weighted by molar-refractivity contribution is 7.90. The van der Waals surface area contributed by atoms with Crippen LogP contribution in [0.5, 0.6) is 0 Å². The number of aliphatic hydroxyl groups excluding tert-OH is 1. The molecule has 224 valence electrons. The molecule has 0 bridgehead atoms. The summed E-state index contributed by atoms with van der Waals surface area (Å²) in [5, 5.41) is 13.1. The van der Waals surface area contributed by atoms with Gasteiger partial charge in [-0.05, 0) is 81.3 Å². The van der Waals surface area contributed by atoms with Crippen LogP contribution in [0.4, 0.5) is 0 Å². The van der Waals surface area contributed by atoms with Crippen LogP contribution in [-0.4, -0.2) is 73.7 Å². The lowest BCUT2D eigenvalue weighted by molar-refractivity contribution is -0.139. The highest BCUT2D eigenvalue weighted by Gasteiger charge is 2.47. The molecule has 8 nitrogen and oxygen atoms in total. The van der Waals surface area contributed by atoms with E-state index in [-0.39, 0.29) is 42.7 Å². The first-order chi connectivity index (χ1) is 19.1. The summed E-state index contributed by atoms with van der Waals surface area (Å²) in [6.07, 6.45) is 6.10. The fourth-order valence-corrected chi connectivity index (χ4v) is 7.21. The molecule has 2 aromatic carbocycles. The average Bonchev–Trinajstić information content (AvgIpc) is 3.51. The number of aliphatic hydroxyl groups is 1. The van der Waals surface area contributed by atoms with Crippen LogP contribution in [0.25, 0.3) is 0 Å². The lowest BCUT2D eigenvalue weighted by Gasteiger charge is -2.38. The van der Waals surface area contributed by atoms with Crippen molar-refractivity contribution in [2.24, 2.45) is 11.3 Å². The van der Waals surface area contributed by atoms with Crippen molar-refractivity contribution >= 4 is 21.7 Å². The summed E-state index contributed by atoms with van der Waals surface area (Å²) in [4.78, 5) is 31.1. The van der Waals surface area contributed by atoms with Crippen LogP contribution in [0.3, 0.4) is 0 Å². The summed E-state index contributed by atoms with van der Waals surface area (Å²) in [6, 6.07) is 16.8. The Bertz CT molecular complexity index is 1290. The molecular formula is C32H45N3O5S. The number of benzene rings is 2. The van der Waals surface area contributed by atoms with Gasteiger partial charge in [0.2, 0.25) is 11.8 Å². The molecule has 2 unspecified atom stereocenters. The second-order valence-electron chi connectivity index (χ2n) is 11.9. The Morgan fingerprint density at radius 1 is 1.02 bits per heavy atom. The van der Waals surface area contributed by atoms with Gasteiger partial charge in [0.05, 0.1) is 22.5 Å². The summed E-state index contributed by atoms with van der Waals surface area (Å²) >= 11 is 0. The number of sulfone groups is 1. The molecule has 1 saturated carbocycles. The largest absolute Gasteiger partial charge is 0.393 e. The van der Waals surface area contributed by atoms with Gasteiger partial charge in [-0.15, -0.1) is 0 Å². The predicted octanol–water partition coefficient (Wildman–Crippen LogP) is 3.95. The molecule has 9 heteroatoms. The van der Waals surface area contributed by atoms with Gasteiger partial charge in [0.15, 0.2) is 9.84 Å². The number of nitrogens with one attached hydrogen (secondary N) is 1. The number of hydrogen-bond donors (Lipinski definition) is 2. The summed E-state index contributed by atoms with van der Waals surface area (Å²) < 4.78 is 23.5. The van der Waals surface area contributed by atoms with Gasteiger partial charge < -0.3 is 20.2 Å². The van der Waals surface area contributed by atoms with E-state index in [2.05, 4.69) is 22.3 Å². The van der Waals surface area contributed by atoms with Crippen molar-refractivity contribution in [3.63, 3.8) is 0 Å². The Morgan fingerprint density at radius 2 is 1.68 bits per heavy atom. The van der Waals surface area contributed by atoms with E-state index in [1.54, 1.807) is 24.3 Å². The normalized spacial score (nSPS) is 23.4. The van der Waals surface area contributed by atoms with Gasteiger partial charge in [-0.2, -0.15) is 0 Å². The highest BCUT2D eigenvalue weighted by Crippen LogP contribution is 2.42. The minimum atomic E-state index is -3.24. The fraction of sp³-hybridized carbons (Fsp3) is 0.562. The van der Waals surface area contributed by atoms with Gasteiger partial charge in [-0.3, -0.25) is 9.59 Å². The van der Waals surface area contributed by atoms with Crippen LogP contribution in [0.15, 0.2) is 59.5 Å². The van der Waals surface area contributed by atoms with Gasteiger partial charge in [0, 0.05) is 31.8 Å². The Morgan fingerprint density at radius 3 is 2.29 bits per heavy atom. The predicted molar refractivity (Wildman–Crippen MR) is 160 cm³/mol. The second-order valence-corrected chi connectivity index (χ2v) is 14.0. The number of hydrogen-bond acceptors (Lipinski definition) is 6. The molecule has 0 aromatic heterocycles. The Kier molecular flexibility index (Phi) is 9.93. The van der Waals surface area contributed by atoms with Crippen molar-refractivity contribution in [2.45, 2.75) is 76.0 Å². The zero-order valence-corrected chi connectivity index (χ0v) is 24.1. The zero-order chi connectivity index (χ0) is 28.3. The number of rotatable bonds is 9. The first-order valence-electron chi connectivity index (χ1n) is 14.5. The van der Waals surface area contributed by atoms with Gasteiger partial charge in [-0.1, -0.05) is 49.9 Å². The zero-order valence-electron chi connectivity index (χ0n) is 23.3. The average molecular weight is 584 g/mol. The molecule has 2 aromatic rings. The topological polar surface area (TPSA) is 107 Å². The van der Waals surface area contributed by atoms with Gasteiger partial charge in [0.1, 0.15) is 0 Å². The maximum Gasteiger partial charge on any atom is 0.229 e. The Labute approximate surface area is 245 Å². The molecule has 2 heterocycles. The van der Waals surface area contributed by atoms with Crippen molar-refractivity contribution in [3.8, 4) is 0 Å². The van der Waals surface area contributed by atoms with Gasteiger partial charge in [0.25, 0.3) is 0 Å². The summed E-state index contributed by atoms with van der Waals surface area (Å²) in [7, 11) is -3.24. The highest BCUT2D eigenvalue weighted by atomic mass is 32.2. The second kappa shape index (κ2) is 13.0. The maximum atomic E-state index is 13.5. The van der Waals surface area contributed by atoms with E-state index in [4.69, 9.17) is 0 Å². The van der Waals surface area contributed by atoms with Crippen LogP contribution in [0.2, 0.25) is 0 Å². The third kappa shape index (κ3) is 7.37. The van der Waals surface area contributed by atoms with E-state index in [1.807, 2.05) is 23.1 Å². The van der Waals surface area contributed by atoms with E-state index >= 15 is 0 Å². The van der Waals surface area contributed by atoms with Crippen LogP contribution in [0.1, 0.15) is 69.5 Å². The number of amides is 2. The molecule has 2 saturated heterocycles. The van der Waals surface area contributed by atoms with Crippen molar-refractivity contribution in [1.82, 2.24) is 15.1 Å². The minimum Gasteiger partial charge on any atom is -0.393 e. The molecule has 2 aliphatic heterocycles. The van der Waals surface area contributed by atoms with E-state index in [9.17, 15) is 23.1 Å². The lowest BCUT2D eigenvalue weighted by Crippen LogP contribution is -2.45. The minimum absolute atomic E-state index is 0. The Hall–Kier alpha value is -2.75. The molecule has 3 atom stereocenters. The van der Waals surface area contributed by atoms with Crippen LogP contribution < -0.4 is 5.32 Å². The van der Waals surface area contributed by atoms with Gasteiger partial charge in [-0.25, -0.2) is 8.42 Å². The van der Waals surface area contributed by atoms with E-state index in [0.29, 0.717) is 24.3 Å². The summed E-state index contributed by atoms with van der Waals surface area (Å²) in [5.41, 5.74) is 1.73. The molecular weight excluding hydrogens is 538 g/mol. The number of nitrogens with zero attached hydrogens (tertiary/aromatic N) is 2. The molecule has 2 amide bonds. The molecule has 41 heavy (non-hydrogen) atoms. The standard InChI is InChI=1S/C31H41N3O5S.CH4/c1-40(38,39)27-11-7-23(8-12-27)22-34-20-16-31(30(34)37)14-18-33(19-15-31)17-13-28(24-5-3-2-4-6-24)32-29(36)25-9-10-26(35)21-25;/h2-8,11-12,25-26,28,35H,9-10,13-22H2,1H3,(H,32,36);1H4/t25?,26?,28-;/m0./s1. The maximum absolute atomic E-state index is 13.5. The molecule has 3 aliphatic rings. The number of piperidine rings is 1. The SMILES string of the molecule is C.CS(=O)(=O)c1ccc(CN2CCC3(CCN(CC[C@H](NC(=O)C4CCC(O)C4)c4ccccc4)CC3)C2=O)cc1. The van der Waals surface area contributed by atoms with Crippen LogP contribution >= 0.6 is 0 Å². The molecule has 0 radical (unpaired) electrons. The quantitative estimate of drug-likeness (QED) is 0.463.